The second-order valence-corrected chi connectivity index (χ2v) is 3.75. The molecule has 0 bridgehead atoms. The number of hydrogen-bond donors (Lipinski definition) is 1. The molecule has 2 aromatic rings. The molecular formula is C14H14FN. The summed E-state index contributed by atoms with van der Waals surface area (Å²) >= 11 is 0. The molecule has 2 N–H and O–H groups in total. The van der Waals surface area contributed by atoms with Gasteiger partial charge >= 0.3 is 0 Å². The zero-order valence-corrected chi connectivity index (χ0v) is 8.94. The lowest BCUT2D eigenvalue weighted by molar-refractivity contribution is 0.623. The molecule has 16 heavy (non-hydrogen) atoms. The van der Waals surface area contributed by atoms with Gasteiger partial charge < -0.3 is 5.73 Å². The van der Waals surface area contributed by atoms with Gasteiger partial charge in [-0.1, -0.05) is 42.5 Å². The van der Waals surface area contributed by atoms with Crippen LogP contribution in [0, 0.1) is 5.82 Å². The first-order valence-electron chi connectivity index (χ1n) is 5.31. The summed E-state index contributed by atoms with van der Waals surface area (Å²) in [6.07, 6.45) is 0. The lowest BCUT2D eigenvalue weighted by Crippen LogP contribution is -2.13. The van der Waals surface area contributed by atoms with Crippen LogP contribution < -0.4 is 5.73 Å². The largest absolute Gasteiger partial charge is 0.330 e. The van der Waals surface area contributed by atoms with Gasteiger partial charge in [0.2, 0.25) is 0 Å². The van der Waals surface area contributed by atoms with E-state index in [0.717, 1.165) is 11.1 Å². The van der Waals surface area contributed by atoms with Crippen LogP contribution in [-0.4, -0.2) is 6.54 Å². The fourth-order valence-corrected chi connectivity index (χ4v) is 1.87. The Balaban J connectivity index is 2.37. The Labute approximate surface area is 94.7 Å². The SMILES string of the molecule is NCC(c1ccccc1)c1cccc(F)c1. The molecular weight excluding hydrogens is 201 g/mol. The Kier molecular flexibility index (Phi) is 3.32. The molecule has 0 spiro atoms. The van der Waals surface area contributed by atoms with Gasteiger partial charge in [0, 0.05) is 12.5 Å². The van der Waals surface area contributed by atoms with E-state index in [-0.39, 0.29) is 11.7 Å². The first-order valence-corrected chi connectivity index (χ1v) is 5.31. The monoisotopic (exact) mass is 215 g/mol. The van der Waals surface area contributed by atoms with E-state index in [1.54, 1.807) is 12.1 Å². The third-order valence-electron chi connectivity index (χ3n) is 2.69. The normalized spacial score (nSPS) is 12.4. The predicted octanol–water partition coefficient (Wildman–Crippen LogP) is 2.92. The van der Waals surface area contributed by atoms with E-state index in [1.165, 1.54) is 6.07 Å². The zero-order valence-electron chi connectivity index (χ0n) is 8.94. The molecule has 0 fully saturated rings. The minimum atomic E-state index is -0.216. The van der Waals surface area contributed by atoms with Crippen molar-refractivity contribution < 1.29 is 4.39 Å². The van der Waals surface area contributed by atoms with Crippen LogP contribution in [0.4, 0.5) is 4.39 Å². The lowest BCUT2D eigenvalue weighted by Gasteiger charge is -2.15. The van der Waals surface area contributed by atoms with Gasteiger partial charge in [0.25, 0.3) is 0 Å². The minimum absolute atomic E-state index is 0.0666. The van der Waals surface area contributed by atoms with E-state index < -0.39 is 0 Å². The highest BCUT2D eigenvalue weighted by molar-refractivity contribution is 5.32. The maximum atomic E-state index is 13.1. The van der Waals surface area contributed by atoms with E-state index >= 15 is 0 Å². The van der Waals surface area contributed by atoms with Gasteiger partial charge in [0.15, 0.2) is 0 Å². The second-order valence-electron chi connectivity index (χ2n) is 3.75. The fourth-order valence-electron chi connectivity index (χ4n) is 1.87. The molecule has 0 saturated heterocycles. The third-order valence-corrected chi connectivity index (χ3v) is 2.69. The molecule has 2 aromatic carbocycles. The topological polar surface area (TPSA) is 26.0 Å². The van der Waals surface area contributed by atoms with Crippen LogP contribution in [0.1, 0.15) is 17.0 Å². The minimum Gasteiger partial charge on any atom is -0.330 e. The molecule has 2 heteroatoms. The van der Waals surface area contributed by atoms with Crippen LogP contribution >= 0.6 is 0 Å². The van der Waals surface area contributed by atoms with E-state index in [9.17, 15) is 4.39 Å². The van der Waals surface area contributed by atoms with Crippen LogP contribution in [0.15, 0.2) is 54.6 Å². The van der Waals surface area contributed by atoms with Crippen molar-refractivity contribution in [3.8, 4) is 0 Å². The highest BCUT2D eigenvalue weighted by atomic mass is 19.1. The van der Waals surface area contributed by atoms with Crippen molar-refractivity contribution in [3.05, 3.63) is 71.5 Å². The molecule has 0 heterocycles. The van der Waals surface area contributed by atoms with Crippen LogP contribution in [0.2, 0.25) is 0 Å². The number of rotatable bonds is 3. The average Bonchev–Trinajstić information content (AvgIpc) is 2.31. The quantitative estimate of drug-likeness (QED) is 0.837. The van der Waals surface area contributed by atoms with Gasteiger partial charge in [-0.2, -0.15) is 0 Å². The van der Waals surface area contributed by atoms with Crippen LogP contribution in [-0.2, 0) is 0 Å². The molecule has 0 aliphatic rings. The van der Waals surface area contributed by atoms with Crippen molar-refractivity contribution in [1.29, 1.82) is 0 Å². The summed E-state index contributed by atoms with van der Waals surface area (Å²) in [5.41, 5.74) is 7.81. The van der Waals surface area contributed by atoms with Crippen molar-refractivity contribution in [3.63, 3.8) is 0 Å². The molecule has 82 valence electrons. The van der Waals surface area contributed by atoms with Crippen molar-refractivity contribution in [2.75, 3.05) is 6.54 Å². The molecule has 0 saturated carbocycles. The molecule has 0 aliphatic heterocycles. The van der Waals surface area contributed by atoms with Gasteiger partial charge in [-0.15, -0.1) is 0 Å². The lowest BCUT2D eigenvalue weighted by atomic mass is 9.91. The number of hydrogen-bond acceptors (Lipinski definition) is 1. The Morgan fingerprint density at radius 3 is 2.25 bits per heavy atom. The molecule has 1 nitrogen and oxygen atoms in total. The van der Waals surface area contributed by atoms with Gasteiger partial charge in [-0.3, -0.25) is 0 Å². The summed E-state index contributed by atoms with van der Waals surface area (Å²) in [6.45, 7) is 0.480. The van der Waals surface area contributed by atoms with Crippen molar-refractivity contribution in [1.82, 2.24) is 0 Å². The highest BCUT2D eigenvalue weighted by Gasteiger charge is 2.12. The highest BCUT2D eigenvalue weighted by Crippen LogP contribution is 2.23. The molecule has 0 radical (unpaired) electrons. The van der Waals surface area contributed by atoms with Crippen LogP contribution in [0.25, 0.3) is 0 Å². The molecule has 2 rings (SSSR count). The molecule has 0 aliphatic carbocycles. The number of halogens is 1. The van der Waals surface area contributed by atoms with E-state index in [2.05, 4.69) is 0 Å². The molecule has 0 amide bonds. The van der Waals surface area contributed by atoms with Crippen molar-refractivity contribution >= 4 is 0 Å². The van der Waals surface area contributed by atoms with Crippen LogP contribution in [0.3, 0.4) is 0 Å². The Morgan fingerprint density at radius 1 is 0.938 bits per heavy atom. The molecule has 0 aromatic heterocycles. The Bertz CT molecular complexity index is 453. The smallest absolute Gasteiger partial charge is 0.123 e. The first-order chi connectivity index (χ1) is 7.81. The summed E-state index contributed by atoms with van der Waals surface area (Å²) in [5.74, 6) is -0.149. The summed E-state index contributed by atoms with van der Waals surface area (Å²) < 4.78 is 13.1. The maximum absolute atomic E-state index is 13.1. The number of benzene rings is 2. The standard InChI is InChI=1S/C14H14FN/c15-13-8-4-7-12(9-13)14(10-16)11-5-2-1-3-6-11/h1-9,14H,10,16H2. The Morgan fingerprint density at radius 2 is 1.62 bits per heavy atom. The summed E-state index contributed by atoms with van der Waals surface area (Å²) in [4.78, 5) is 0. The van der Waals surface area contributed by atoms with Crippen molar-refractivity contribution in [2.24, 2.45) is 5.73 Å². The van der Waals surface area contributed by atoms with Gasteiger partial charge in [-0.05, 0) is 23.3 Å². The van der Waals surface area contributed by atoms with Crippen molar-refractivity contribution in [2.45, 2.75) is 5.92 Å². The van der Waals surface area contributed by atoms with E-state index in [4.69, 9.17) is 5.73 Å². The van der Waals surface area contributed by atoms with E-state index in [1.807, 2.05) is 36.4 Å². The summed E-state index contributed by atoms with van der Waals surface area (Å²) in [6, 6.07) is 16.6. The summed E-state index contributed by atoms with van der Waals surface area (Å²) in [7, 11) is 0. The fraction of sp³-hybridized carbons (Fsp3) is 0.143. The van der Waals surface area contributed by atoms with Crippen LogP contribution in [0.5, 0.6) is 0 Å². The Hall–Kier alpha value is -1.67. The maximum Gasteiger partial charge on any atom is 0.123 e. The van der Waals surface area contributed by atoms with Gasteiger partial charge in [-0.25, -0.2) is 4.39 Å². The average molecular weight is 215 g/mol. The second kappa shape index (κ2) is 4.90. The van der Waals surface area contributed by atoms with Gasteiger partial charge in [0.1, 0.15) is 5.82 Å². The van der Waals surface area contributed by atoms with Gasteiger partial charge in [0.05, 0.1) is 0 Å². The predicted molar refractivity (Wildman–Crippen MR) is 63.7 cm³/mol. The van der Waals surface area contributed by atoms with E-state index in [0.29, 0.717) is 6.54 Å². The summed E-state index contributed by atoms with van der Waals surface area (Å²) in [5, 5.41) is 0. The zero-order chi connectivity index (χ0) is 11.4. The molecule has 1 atom stereocenters. The number of nitrogens with two attached hydrogens (primary N) is 1. The molecule has 1 unspecified atom stereocenters. The first kappa shape index (κ1) is 10.8. The third kappa shape index (κ3) is 2.28.